The van der Waals surface area contributed by atoms with Crippen LogP contribution in [-0.2, 0) is 9.59 Å². The van der Waals surface area contributed by atoms with Gasteiger partial charge in [0.1, 0.15) is 0 Å². The number of hydrogen-bond acceptors (Lipinski definition) is 3. The maximum absolute atomic E-state index is 11.9. The van der Waals surface area contributed by atoms with Gasteiger partial charge in [-0.2, -0.15) is 0 Å². The van der Waals surface area contributed by atoms with E-state index in [1.165, 1.54) is 0 Å². The van der Waals surface area contributed by atoms with Crippen molar-refractivity contribution in [2.24, 2.45) is 5.41 Å². The molecule has 1 unspecified atom stereocenters. The molecule has 98 valence electrons. The van der Waals surface area contributed by atoms with Gasteiger partial charge >= 0.3 is 0 Å². The van der Waals surface area contributed by atoms with Crippen molar-refractivity contribution in [3.63, 3.8) is 0 Å². The van der Waals surface area contributed by atoms with Crippen molar-refractivity contribution in [3.8, 4) is 0 Å². The summed E-state index contributed by atoms with van der Waals surface area (Å²) in [6.07, 6.45) is 0.832. The molecule has 1 fully saturated rings. The summed E-state index contributed by atoms with van der Waals surface area (Å²) in [7, 11) is 0. The Morgan fingerprint density at radius 2 is 2.00 bits per heavy atom. The highest BCUT2D eigenvalue weighted by Gasteiger charge is 2.36. The van der Waals surface area contributed by atoms with Gasteiger partial charge in [0.2, 0.25) is 11.8 Å². The molecular formula is C12H23N3O2. The van der Waals surface area contributed by atoms with Crippen LogP contribution in [0.5, 0.6) is 0 Å². The molecule has 0 aromatic heterocycles. The summed E-state index contributed by atoms with van der Waals surface area (Å²) >= 11 is 0. The summed E-state index contributed by atoms with van der Waals surface area (Å²) in [6.45, 7) is 8.84. The molecule has 0 aromatic rings. The molecular weight excluding hydrogens is 218 g/mol. The molecule has 0 radical (unpaired) electrons. The lowest BCUT2D eigenvalue weighted by Crippen LogP contribution is -2.45. The Labute approximate surface area is 103 Å². The van der Waals surface area contributed by atoms with Crippen LogP contribution in [0.3, 0.4) is 0 Å². The van der Waals surface area contributed by atoms with Gasteiger partial charge in [0.15, 0.2) is 0 Å². The SMILES string of the molecule is CCN(CC)C(=O)CNC(=O)C1(C)CCNC1. The summed E-state index contributed by atoms with van der Waals surface area (Å²) in [5.41, 5.74) is -0.358. The Kier molecular flexibility index (Phi) is 4.93. The lowest BCUT2D eigenvalue weighted by atomic mass is 9.89. The second-order valence-electron chi connectivity index (χ2n) is 4.74. The molecule has 5 nitrogen and oxygen atoms in total. The first-order chi connectivity index (χ1) is 8.03. The van der Waals surface area contributed by atoms with E-state index < -0.39 is 0 Å². The number of rotatable bonds is 5. The summed E-state index contributed by atoms with van der Waals surface area (Å²) in [4.78, 5) is 25.4. The number of likely N-dealkylation sites (N-methyl/N-ethyl adjacent to an activating group) is 1. The van der Waals surface area contributed by atoms with Crippen LogP contribution in [0.4, 0.5) is 0 Å². The number of carbonyl (C=O) groups excluding carboxylic acids is 2. The summed E-state index contributed by atoms with van der Waals surface area (Å²) in [5.74, 6) is -0.0408. The molecule has 1 aliphatic rings. The van der Waals surface area contributed by atoms with Crippen LogP contribution in [0.1, 0.15) is 27.2 Å². The van der Waals surface area contributed by atoms with Crippen LogP contribution in [0, 0.1) is 5.41 Å². The van der Waals surface area contributed by atoms with E-state index in [-0.39, 0.29) is 23.8 Å². The molecule has 1 atom stereocenters. The Balaban J connectivity index is 2.40. The number of nitrogens with zero attached hydrogens (tertiary/aromatic N) is 1. The summed E-state index contributed by atoms with van der Waals surface area (Å²) in [5, 5.41) is 5.91. The highest BCUT2D eigenvalue weighted by Crippen LogP contribution is 2.24. The molecule has 0 aliphatic carbocycles. The van der Waals surface area contributed by atoms with Crippen molar-refractivity contribution in [2.45, 2.75) is 27.2 Å². The molecule has 1 heterocycles. The topological polar surface area (TPSA) is 61.4 Å². The largest absolute Gasteiger partial charge is 0.347 e. The van der Waals surface area contributed by atoms with Gasteiger partial charge in [-0.15, -0.1) is 0 Å². The monoisotopic (exact) mass is 241 g/mol. The van der Waals surface area contributed by atoms with Crippen molar-refractivity contribution in [1.29, 1.82) is 0 Å². The molecule has 1 rings (SSSR count). The Bertz CT molecular complexity index is 281. The van der Waals surface area contributed by atoms with Crippen LogP contribution >= 0.6 is 0 Å². The van der Waals surface area contributed by atoms with Crippen LogP contribution in [-0.4, -0.2) is 49.4 Å². The fourth-order valence-electron chi connectivity index (χ4n) is 2.07. The van der Waals surface area contributed by atoms with E-state index in [1.807, 2.05) is 20.8 Å². The Morgan fingerprint density at radius 1 is 1.35 bits per heavy atom. The predicted octanol–water partition coefficient (Wildman–Crippen LogP) is -0.0294. The zero-order valence-corrected chi connectivity index (χ0v) is 11.0. The standard InChI is InChI=1S/C12H23N3O2/c1-4-15(5-2)10(16)8-14-11(17)12(3)6-7-13-9-12/h13H,4-9H2,1-3H3,(H,14,17). The second kappa shape index (κ2) is 6.00. The van der Waals surface area contributed by atoms with Gasteiger partial charge < -0.3 is 15.5 Å². The average Bonchev–Trinajstić information content (AvgIpc) is 2.76. The van der Waals surface area contributed by atoms with E-state index in [2.05, 4.69) is 10.6 Å². The van der Waals surface area contributed by atoms with Gasteiger partial charge in [0, 0.05) is 19.6 Å². The quantitative estimate of drug-likeness (QED) is 0.710. The van der Waals surface area contributed by atoms with Gasteiger partial charge in [0.05, 0.1) is 12.0 Å². The van der Waals surface area contributed by atoms with Crippen LogP contribution in [0.15, 0.2) is 0 Å². The van der Waals surface area contributed by atoms with Crippen LogP contribution in [0.25, 0.3) is 0 Å². The van der Waals surface area contributed by atoms with Gasteiger partial charge in [-0.1, -0.05) is 0 Å². The normalized spacial score (nSPS) is 23.5. The van der Waals surface area contributed by atoms with Crippen molar-refractivity contribution in [3.05, 3.63) is 0 Å². The molecule has 1 saturated heterocycles. The summed E-state index contributed by atoms with van der Waals surface area (Å²) < 4.78 is 0. The van der Waals surface area contributed by atoms with E-state index in [9.17, 15) is 9.59 Å². The number of hydrogen-bond donors (Lipinski definition) is 2. The van der Waals surface area contributed by atoms with Gasteiger partial charge in [-0.05, 0) is 33.7 Å². The smallest absolute Gasteiger partial charge is 0.241 e. The molecule has 1 aliphatic heterocycles. The molecule has 2 amide bonds. The fourth-order valence-corrected chi connectivity index (χ4v) is 2.07. The lowest BCUT2D eigenvalue weighted by Gasteiger charge is -2.23. The van der Waals surface area contributed by atoms with Gasteiger partial charge in [-0.3, -0.25) is 9.59 Å². The molecule has 17 heavy (non-hydrogen) atoms. The molecule has 0 bridgehead atoms. The van der Waals surface area contributed by atoms with E-state index in [0.717, 1.165) is 13.0 Å². The maximum atomic E-state index is 11.9. The third-order valence-electron chi connectivity index (χ3n) is 3.43. The number of amides is 2. The van der Waals surface area contributed by atoms with Crippen molar-refractivity contribution < 1.29 is 9.59 Å². The highest BCUT2D eigenvalue weighted by molar-refractivity contribution is 5.88. The molecule has 2 N–H and O–H groups in total. The Hall–Kier alpha value is -1.10. The zero-order chi connectivity index (χ0) is 12.9. The van der Waals surface area contributed by atoms with E-state index in [1.54, 1.807) is 4.90 Å². The minimum atomic E-state index is -0.358. The molecule has 0 saturated carbocycles. The third-order valence-corrected chi connectivity index (χ3v) is 3.43. The minimum absolute atomic E-state index is 0.0158. The van der Waals surface area contributed by atoms with Crippen molar-refractivity contribution >= 4 is 11.8 Å². The summed E-state index contributed by atoms with van der Waals surface area (Å²) in [6, 6.07) is 0. The van der Waals surface area contributed by atoms with Crippen LogP contribution in [0.2, 0.25) is 0 Å². The number of nitrogens with one attached hydrogen (secondary N) is 2. The van der Waals surface area contributed by atoms with E-state index in [0.29, 0.717) is 19.6 Å². The van der Waals surface area contributed by atoms with Gasteiger partial charge in [-0.25, -0.2) is 0 Å². The zero-order valence-electron chi connectivity index (χ0n) is 11.0. The van der Waals surface area contributed by atoms with Gasteiger partial charge in [0.25, 0.3) is 0 Å². The maximum Gasteiger partial charge on any atom is 0.241 e. The number of carbonyl (C=O) groups is 2. The average molecular weight is 241 g/mol. The van der Waals surface area contributed by atoms with Crippen molar-refractivity contribution in [1.82, 2.24) is 15.5 Å². The second-order valence-corrected chi connectivity index (χ2v) is 4.74. The first-order valence-electron chi connectivity index (χ1n) is 6.30. The minimum Gasteiger partial charge on any atom is -0.347 e. The fraction of sp³-hybridized carbons (Fsp3) is 0.833. The predicted molar refractivity (Wildman–Crippen MR) is 66.5 cm³/mol. The molecule has 0 spiro atoms. The first-order valence-corrected chi connectivity index (χ1v) is 6.30. The van der Waals surface area contributed by atoms with Crippen molar-refractivity contribution in [2.75, 3.05) is 32.7 Å². The first kappa shape index (κ1) is 14.0. The highest BCUT2D eigenvalue weighted by atomic mass is 16.2. The molecule has 0 aromatic carbocycles. The van der Waals surface area contributed by atoms with E-state index >= 15 is 0 Å². The lowest BCUT2D eigenvalue weighted by molar-refractivity contribution is -0.135. The van der Waals surface area contributed by atoms with Crippen LogP contribution < -0.4 is 10.6 Å². The van der Waals surface area contributed by atoms with E-state index in [4.69, 9.17) is 0 Å². The Morgan fingerprint density at radius 3 is 2.47 bits per heavy atom. The molecule has 5 heteroatoms. The third kappa shape index (κ3) is 3.43.